The number of carbonyl (C=O) groups excluding carboxylic acids is 1. The van der Waals surface area contributed by atoms with E-state index in [1.165, 1.54) is 19.2 Å². The largest absolute Gasteiger partial charge is 0.495 e. The first-order valence-corrected chi connectivity index (χ1v) is 8.92. The Balaban J connectivity index is 2.39. The maximum atomic E-state index is 12.6. The van der Waals surface area contributed by atoms with Gasteiger partial charge < -0.3 is 10.1 Å². The molecule has 0 aliphatic carbocycles. The molecule has 0 aliphatic rings. The van der Waals surface area contributed by atoms with E-state index in [2.05, 4.69) is 10.0 Å². The Morgan fingerprint density at radius 1 is 1.17 bits per heavy atom. The molecule has 0 atom stereocenters. The standard InChI is InChI=1S/C17H20N2O4S/c1-4-18-17(20)14-11-13(10-9-12(14)2)24(21,22)19-15-7-5-6-8-16(15)23-3/h5-11,19H,4H2,1-3H3,(H,18,20). The number of benzene rings is 2. The van der Waals surface area contributed by atoms with Crippen molar-refractivity contribution in [2.24, 2.45) is 0 Å². The molecule has 2 aromatic rings. The number of carbonyl (C=O) groups is 1. The van der Waals surface area contributed by atoms with Gasteiger partial charge in [0.2, 0.25) is 0 Å². The van der Waals surface area contributed by atoms with Crippen LogP contribution < -0.4 is 14.8 Å². The van der Waals surface area contributed by atoms with Crippen molar-refractivity contribution in [2.45, 2.75) is 18.7 Å². The summed E-state index contributed by atoms with van der Waals surface area (Å²) in [6, 6.07) is 11.2. The summed E-state index contributed by atoms with van der Waals surface area (Å²) in [5, 5.41) is 2.68. The summed E-state index contributed by atoms with van der Waals surface area (Å²) in [6.07, 6.45) is 0. The highest BCUT2D eigenvalue weighted by Gasteiger charge is 2.19. The zero-order valence-corrected chi connectivity index (χ0v) is 14.6. The fourth-order valence-corrected chi connectivity index (χ4v) is 3.30. The van der Waals surface area contributed by atoms with Crippen molar-refractivity contribution in [3.8, 4) is 5.75 Å². The third-order valence-corrected chi connectivity index (χ3v) is 4.82. The van der Waals surface area contributed by atoms with Gasteiger partial charge in [-0.05, 0) is 43.7 Å². The molecule has 128 valence electrons. The Labute approximate surface area is 141 Å². The number of rotatable bonds is 6. The van der Waals surface area contributed by atoms with E-state index in [1.54, 1.807) is 44.2 Å². The first kappa shape index (κ1) is 17.8. The van der Waals surface area contributed by atoms with Gasteiger partial charge in [0, 0.05) is 12.1 Å². The number of methoxy groups -OCH3 is 1. The lowest BCUT2D eigenvalue weighted by atomic mass is 10.1. The summed E-state index contributed by atoms with van der Waals surface area (Å²) < 4.78 is 32.9. The minimum Gasteiger partial charge on any atom is -0.495 e. The van der Waals surface area contributed by atoms with Crippen molar-refractivity contribution < 1.29 is 17.9 Å². The summed E-state index contributed by atoms with van der Waals surface area (Å²) in [7, 11) is -2.38. The van der Waals surface area contributed by atoms with Gasteiger partial charge >= 0.3 is 0 Å². The highest BCUT2D eigenvalue weighted by molar-refractivity contribution is 7.92. The fourth-order valence-electron chi connectivity index (χ4n) is 2.20. The molecule has 2 rings (SSSR count). The van der Waals surface area contributed by atoms with Gasteiger partial charge in [-0.2, -0.15) is 0 Å². The van der Waals surface area contributed by atoms with Crippen molar-refractivity contribution in [2.75, 3.05) is 18.4 Å². The van der Waals surface area contributed by atoms with Crippen LogP contribution in [0.5, 0.6) is 5.75 Å². The second-order valence-corrected chi connectivity index (χ2v) is 6.82. The minimum atomic E-state index is -3.84. The van der Waals surface area contributed by atoms with Crippen molar-refractivity contribution in [3.05, 3.63) is 53.6 Å². The van der Waals surface area contributed by atoms with Crippen LogP contribution in [0.3, 0.4) is 0 Å². The van der Waals surface area contributed by atoms with Gasteiger partial charge in [-0.15, -0.1) is 0 Å². The van der Waals surface area contributed by atoms with Crippen molar-refractivity contribution in [1.82, 2.24) is 5.32 Å². The topological polar surface area (TPSA) is 84.5 Å². The zero-order chi connectivity index (χ0) is 17.7. The number of hydrogen-bond acceptors (Lipinski definition) is 4. The maximum absolute atomic E-state index is 12.6. The van der Waals surface area contributed by atoms with E-state index >= 15 is 0 Å². The summed E-state index contributed by atoms with van der Waals surface area (Å²) in [6.45, 7) is 4.03. The van der Waals surface area contributed by atoms with E-state index in [9.17, 15) is 13.2 Å². The van der Waals surface area contributed by atoms with Crippen LogP contribution in [0.15, 0.2) is 47.4 Å². The van der Waals surface area contributed by atoms with E-state index in [4.69, 9.17) is 4.74 Å². The zero-order valence-electron chi connectivity index (χ0n) is 13.8. The van der Waals surface area contributed by atoms with E-state index in [0.717, 1.165) is 0 Å². The van der Waals surface area contributed by atoms with Crippen molar-refractivity contribution >= 4 is 21.6 Å². The average Bonchev–Trinajstić information content (AvgIpc) is 2.55. The molecular weight excluding hydrogens is 328 g/mol. The SMILES string of the molecule is CCNC(=O)c1cc(S(=O)(=O)Nc2ccccc2OC)ccc1C. The third-order valence-electron chi connectivity index (χ3n) is 3.45. The van der Waals surface area contributed by atoms with Crippen LogP contribution in [0.25, 0.3) is 0 Å². The molecule has 0 heterocycles. The number of hydrogen-bond donors (Lipinski definition) is 2. The summed E-state index contributed by atoms with van der Waals surface area (Å²) in [4.78, 5) is 12.1. The molecule has 0 bridgehead atoms. The molecule has 24 heavy (non-hydrogen) atoms. The Bertz CT molecular complexity index is 847. The number of amides is 1. The molecule has 0 radical (unpaired) electrons. The van der Waals surface area contributed by atoms with E-state index < -0.39 is 10.0 Å². The van der Waals surface area contributed by atoms with Gasteiger partial charge in [0.15, 0.2) is 0 Å². The van der Waals surface area contributed by atoms with Crippen molar-refractivity contribution in [3.63, 3.8) is 0 Å². The molecule has 7 heteroatoms. The molecule has 0 unspecified atom stereocenters. The molecule has 0 fully saturated rings. The lowest BCUT2D eigenvalue weighted by Gasteiger charge is -2.13. The van der Waals surface area contributed by atoms with Crippen LogP contribution in [-0.4, -0.2) is 28.0 Å². The van der Waals surface area contributed by atoms with Crippen LogP contribution in [0.4, 0.5) is 5.69 Å². The highest BCUT2D eigenvalue weighted by atomic mass is 32.2. The van der Waals surface area contributed by atoms with Gasteiger partial charge in [0.1, 0.15) is 5.75 Å². The van der Waals surface area contributed by atoms with Crippen LogP contribution >= 0.6 is 0 Å². The average molecular weight is 348 g/mol. The number of para-hydroxylation sites is 2. The number of anilines is 1. The van der Waals surface area contributed by atoms with Gasteiger partial charge in [0.25, 0.3) is 15.9 Å². The number of aryl methyl sites for hydroxylation is 1. The number of ether oxygens (including phenoxy) is 1. The summed E-state index contributed by atoms with van der Waals surface area (Å²) >= 11 is 0. The second-order valence-electron chi connectivity index (χ2n) is 5.14. The molecular formula is C17H20N2O4S. The van der Waals surface area contributed by atoms with E-state index in [-0.39, 0.29) is 10.8 Å². The summed E-state index contributed by atoms with van der Waals surface area (Å²) in [5.41, 5.74) is 1.37. The smallest absolute Gasteiger partial charge is 0.262 e. The van der Waals surface area contributed by atoms with Crippen LogP contribution in [0, 0.1) is 6.92 Å². The van der Waals surface area contributed by atoms with Gasteiger partial charge in [-0.25, -0.2) is 8.42 Å². The Hall–Kier alpha value is -2.54. The first-order valence-electron chi connectivity index (χ1n) is 7.43. The predicted octanol–water partition coefficient (Wildman–Crippen LogP) is 2.55. The quantitative estimate of drug-likeness (QED) is 0.840. The number of sulfonamides is 1. The highest BCUT2D eigenvalue weighted by Crippen LogP contribution is 2.26. The molecule has 0 aliphatic heterocycles. The Morgan fingerprint density at radius 3 is 2.54 bits per heavy atom. The third kappa shape index (κ3) is 3.86. The summed E-state index contributed by atoms with van der Waals surface area (Å²) in [5.74, 6) is 0.112. The fraction of sp³-hybridized carbons (Fsp3) is 0.235. The molecule has 2 aromatic carbocycles. The normalized spacial score (nSPS) is 11.0. The first-order chi connectivity index (χ1) is 11.4. The molecule has 0 saturated carbocycles. The van der Waals surface area contributed by atoms with Crippen molar-refractivity contribution in [1.29, 1.82) is 0 Å². The molecule has 0 spiro atoms. The maximum Gasteiger partial charge on any atom is 0.262 e. The monoisotopic (exact) mass is 348 g/mol. The minimum absolute atomic E-state index is 0.0141. The number of nitrogens with one attached hydrogen (secondary N) is 2. The van der Waals surface area contributed by atoms with Crippen LogP contribution in [-0.2, 0) is 10.0 Å². The molecule has 1 amide bonds. The molecule has 6 nitrogen and oxygen atoms in total. The van der Waals surface area contributed by atoms with E-state index in [0.29, 0.717) is 29.1 Å². The van der Waals surface area contributed by atoms with Crippen LogP contribution in [0.1, 0.15) is 22.8 Å². The molecule has 0 saturated heterocycles. The lowest BCUT2D eigenvalue weighted by Crippen LogP contribution is -2.24. The molecule has 2 N–H and O–H groups in total. The van der Waals surface area contributed by atoms with Gasteiger partial charge in [-0.3, -0.25) is 9.52 Å². The van der Waals surface area contributed by atoms with Gasteiger partial charge in [-0.1, -0.05) is 18.2 Å². The predicted molar refractivity (Wildman–Crippen MR) is 93.0 cm³/mol. The lowest BCUT2D eigenvalue weighted by molar-refractivity contribution is 0.0955. The van der Waals surface area contributed by atoms with Gasteiger partial charge in [0.05, 0.1) is 17.7 Å². The Kier molecular flexibility index (Phi) is 5.46. The molecule has 0 aromatic heterocycles. The van der Waals surface area contributed by atoms with E-state index in [1.807, 2.05) is 0 Å². The van der Waals surface area contributed by atoms with Crippen LogP contribution in [0.2, 0.25) is 0 Å². The second kappa shape index (κ2) is 7.35. The Morgan fingerprint density at radius 2 is 1.88 bits per heavy atom.